The highest BCUT2D eigenvalue weighted by Crippen LogP contribution is 2.40. The highest BCUT2D eigenvalue weighted by molar-refractivity contribution is 7.99. The lowest BCUT2D eigenvalue weighted by atomic mass is 10.2. The predicted molar refractivity (Wildman–Crippen MR) is 110 cm³/mol. The van der Waals surface area contributed by atoms with Crippen LogP contribution in [0.2, 0.25) is 5.02 Å². The molecule has 3 aromatic rings. The maximum absolute atomic E-state index is 12.3. The Bertz CT molecular complexity index is 986. The average Bonchev–Trinajstić information content (AvgIpc) is 3.20. The third-order valence-corrected chi connectivity index (χ3v) is 4.93. The third-order valence-electron chi connectivity index (χ3n) is 3.79. The number of nitrogens with zero attached hydrogens (tertiary/aromatic N) is 2. The summed E-state index contributed by atoms with van der Waals surface area (Å²) in [5.74, 6) is 1.43. The van der Waals surface area contributed by atoms with Crippen LogP contribution in [0.3, 0.4) is 0 Å². The zero-order valence-corrected chi connectivity index (χ0v) is 17.5. The van der Waals surface area contributed by atoms with E-state index < -0.39 is 0 Å². The van der Waals surface area contributed by atoms with E-state index in [0.717, 1.165) is 11.8 Å². The Morgan fingerprint density at radius 3 is 2.41 bits per heavy atom. The van der Waals surface area contributed by atoms with E-state index in [4.69, 9.17) is 30.2 Å². The molecule has 0 spiro atoms. The second-order valence-corrected chi connectivity index (χ2v) is 6.94. The van der Waals surface area contributed by atoms with Crippen molar-refractivity contribution in [2.75, 3.05) is 32.4 Å². The van der Waals surface area contributed by atoms with Crippen LogP contribution in [0, 0.1) is 0 Å². The number of ether oxygens (including phenoxy) is 3. The first-order chi connectivity index (χ1) is 14.0. The van der Waals surface area contributed by atoms with Crippen LogP contribution in [-0.4, -0.2) is 43.2 Å². The van der Waals surface area contributed by atoms with E-state index in [2.05, 4.69) is 15.5 Å². The van der Waals surface area contributed by atoms with Crippen LogP contribution in [0.15, 0.2) is 46.0 Å². The molecule has 0 aliphatic rings. The Balaban J connectivity index is 1.64. The molecule has 1 heterocycles. The standard InChI is InChI=1S/C19H18ClN3O5S/c1-25-14-8-11(9-15(26-2)17(14)27-3)21-16(24)10-29-19-23-22-18(28-19)12-6-4-5-7-13(12)20/h4-9H,10H2,1-3H3,(H,21,24). The van der Waals surface area contributed by atoms with Gasteiger partial charge in [0, 0.05) is 17.8 Å². The van der Waals surface area contributed by atoms with Gasteiger partial charge in [-0.25, -0.2) is 0 Å². The second kappa shape index (κ2) is 9.53. The number of carbonyl (C=O) groups excluding carboxylic acids is 1. The molecule has 0 bridgehead atoms. The number of halogens is 1. The minimum atomic E-state index is -0.262. The maximum Gasteiger partial charge on any atom is 0.277 e. The first-order valence-corrected chi connectivity index (χ1v) is 9.73. The van der Waals surface area contributed by atoms with Gasteiger partial charge in [-0.3, -0.25) is 4.79 Å². The number of carbonyl (C=O) groups is 1. The van der Waals surface area contributed by atoms with Gasteiger partial charge in [0.25, 0.3) is 5.22 Å². The van der Waals surface area contributed by atoms with Crippen molar-refractivity contribution in [3.63, 3.8) is 0 Å². The Morgan fingerprint density at radius 2 is 1.79 bits per heavy atom. The summed E-state index contributed by atoms with van der Waals surface area (Å²) in [6, 6.07) is 10.4. The summed E-state index contributed by atoms with van der Waals surface area (Å²) in [4.78, 5) is 12.3. The molecule has 8 nitrogen and oxygen atoms in total. The average molecular weight is 436 g/mol. The molecule has 0 saturated carbocycles. The van der Waals surface area contributed by atoms with Crippen molar-refractivity contribution in [1.29, 1.82) is 0 Å². The largest absolute Gasteiger partial charge is 0.493 e. The van der Waals surface area contributed by atoms with Gasteiger partial charge in [-0.1, -0.05) is 35.5 Å². The van der Waals surface area contributed by atoms with Gasteiger partial charge in [0.1, 0.15) is 0 Å². The number of anilines is 1. The van der Waals surface area contributed by atoms with Crippen molar-refractivity contribution < 1.29 is 23.4 Å². The summed E-state index contributed by atoms with van der Waals surface area (Å²) in [6.07, 6.45) is 0. The molecular formula is C19H18ClN3O5S. The summed E-state index contributed by atoms with van der Waals surface area (Å²) < 4.78 is 21.4. The monoisotopic (exact) mass is 435 g/mol. The normalized spacial score (nSPS) is 10.5. The SMILES string of the molecule is COc1cc(NC(=O)CSc2nnc(-c3ccccc3Cl)o2)cc(OC)c1OC. The number of rotatable bonds is 8. The van der Waals surface area contributed by atoms with Crippen LogP contribution < -0.4 is 19.5 Å². The van der Waals surface area contributed by atoms with E-state index in [1.807, 2.05) is 12.1 Å². The van der Waals surface area contributed by atoms with Crippen LogP contribution in [0.5, 0.6) is 17.2 Å². The number of nitrogens with one attached hydrogen (secondary N) is 1. The van der Waals surface area contributed by atoms with E-state index in [1.54, 1.807) is 24.3 Å². The van der Waals surface area contributed by atoms with Gasteiger partial charge >= 0.3 is 0 Å². The molecule has 2 aromatic carbocycles. The van der Waals surface area contributed by atoms with Crippen molar-refractivity contribution in [3.8, 4) is 28.7 Å². The van der Waals surface area contributed by atoms with Crippen LogP contribution in [0.4, 0.5) is 5.69 Å². The summed E-state index contributed by atoms with van der Waals surface area (Å²) in [5, 5.41) is 11.5. The van der Waals surface area contributed by atoms with Crippen LogP contribution >= 0.6 is 23.4 Å². The number of hydrogen-bond donors (Lipinski definition) is 1. The minimum Gasteiger partial charge on any atom is -0.493 e. The molecule has 0 saturated heterocycles. The maximum atomic E-state index is 12.3. The molecule has 0 aliphatic carbocycles. The zero-order chi connectivity index (χ0) is 20.8. The summed E-state index contributed by atoms with van der Waals surface area (Å²) in [6.45, 7) is 0. The molecule has 10 heteroatoms. The lowest BCUT2D eigenvalue weighted by molar-refractivity contribution is -0.113. The Hall–Kier alpha value is -2.91. The van der Waals surface area contributed by atoms with Crippen molar-refractivity contribution in [1.82, 2.24) is 10.2 Å². The molecule has 0 radical (unpaired) electrons. The van der Waals surface area contributed by atoms with E-state index in [0.29, 0.717) is 39.4 Å². The smallest absolute Gasteiger partial charge is 0.277 e. The number of methoxy groups -OCH3 is 3. The topological polar surface area (TPSA) is 95.7 Å². The second-order valence-electron chi connectivity index (χ2n) is 5.60. The molecule has 0 atom stereocenters. The van der Waals surface area contributed by atoms with Gasteiger partial charge in [-0.15, -0.1) is 10.2 Å². The Morgan fingerprint density at radius 1 is 1.10 bits per heavy atom. The third kappa shape index (κ3) is 4.93. The van der Waals surface area contributed by atoms with Gasteiger partial charge in [-0.2, -0.15) is 0 Å². The van der Waals surface area contributed by atoms with Gasteiger partial charge in [0.15, 0.2) is 11.5 Å². The van der Waals surface area contributed by atoms with E-state index in [1.165, 1.54) is 21.3 Å². The van der Waals surface area contributed by atoms with Gasteiger partial charge < -0.3 is 23.9 Å². The van der Waals surface area contributed by atoms with Crippen LogP contribution in [0.1, 0.15) is 0 Å². The number of benzene rings is 2. The van der Waals surface area contributed by atoms with Crippen LogP contribution in [-0.2, 0) is 4.79 Å². The van der Waals surface area contributed by atoms with Crippen LogP contribution in [0.25, 0.3) is 11.5 Å². The van der Waals surface area contributed by atoms with Crippen molar-refractivity contribution in [2.45, 2.75) is 5.22 Å². The molecule has 1 N–H and O–H groups in total. The molecular weight excluding hydrogens is 418 g/mol. The number of hydrogen-bond acceptors (Lipinski definition) is 8. The molecule has 1 aromatic heterocycles. The molecule has 3 rings (SSSR count). The lowest BCUT2D eigenvalue weighted by Crippen LogP contribution is -2.14. The fourth-order valence-electron chi connectivity index (χ4n) is 2.49. The Labute approximate surface area is 176 Å². The summed E-state index contributed by atoms with van der Waals surface area (Å²) in [5.41, 5.74) is 1.14. The fourth-order valence-corrected chi connectivity index (χ4v) is 3.27. The fraction of sp³-hybridized carbons (Fsp3) is 0.211. The number of aromatic nitrogens is 2. The molecule has 0 unspecified atom stereocenters. The predicted octanol–water partition coefficient (Wildman–Crippen LogP) is 4.15. The lowest BCUT2D eigenvalue weighted by Gasteiger charge is -2.14. The Kier molecular flexibility index (Phi) is 6.84. The molecule has 1 amide bonds. The van der Waals surface area contributed by atoms with Gasteiger partial charge in [0.2, 0.25) is 17.5 Å². The summed E-state index contributed by atoms with van der Waals surface area (Å²) in [7, 11) is 4.52. The number of thioether (sulfide) groups is 1. The highest BCUT2D eigenvalue weighted by atomic mass is 35.5. The quantitative estimate of drug-likeness (QED) is 0.527. The van der Waals surface area contributed by atoms with Gasteiger partial charge in [0.05, 0.1) is 37.7 Å². The molecule has 0 fully saturated rings. The molecule has 0 aliphatic heterocycles. The van der Waals surface area contributed by atoms with Crippen molar-refractivity contribution in [2.24, 2.45) is 0 Å². The summed E-state index contributed by atoms with van der Waals surface area (Å²) >= 11 is 7.24. The van der Waals surface area contributed by atoms with E-state index >= 15 is 0 Å². The van der Waals surface area contributed by atoms with E-state index in [9.17, 15) is 4.79 Å². The molecule has 152 valence electrons. The molecule has 29 heavy (non-hydrogen) atoms. The first-order valence-electron chi connectivity index (χ1n) is 8.36. The van der Waals surface area contributed by atoms with Gasteiger partial charge in [-0.05, 0) is 12.1 Å². The van der Waals surface area contributed by atoms with E-state index in [-0.39, 0.29) is 16.9 Å². The zero-order valence-electron chi connectivity index (χ0n) is 15.9. The minimum absolute atomic E-state index is 0.0703. The number of amides is 1. The van der Waals surface area contributed by atoms with Crippen molar-refractivity contribution >= 4 is 35.0 Å². The highest BCUT2D eigenvalue weighted by Gasteiger charge is 2.16. The van der Waals surface area contributed by atoms with Crippen molar-refractivity contribution in [3.05, 3.63) is 41.4 Å². The first kappa shape index (κ1) is 20.8.